The first kappa shape index (κ1) is 13.5. The fraction of sp³-hybridized carbons (Fsp3) is 0.308. The maximum absolute atomic E-state index is 12.2. The molecule has 2 rings (SSSR count). The molecule has 6 heteroatoms. The summed E-state index contributed by atoms with van der Waals surface area (Å²) in [6.07, 6.45) is 3.47. The van der Waals surface area contributed by atoms with Gasteiger partial charge in [-0.15, -0.1) is 0 Å². The zero-order valence-corrected chi connectivity index (χ0v) is 10.5. The molecule has 0 fully saturated rings. The smallest absolute Gasteiger partial charge is 0.387 e. The van der Waals surface area contributed by atoms with Crippen molar-refractivity contribution >= 4 is 0 Å². The molecule has 0 spiro atoms. The third-order valence-electron chi connectivity index (χ3n) is 2.73. The average Bonchev–Trinajstić information content (AvgIpc) is 2.77. The van der Waals surface area contributed by atoms with E-state index in [1.165, 1.54) is 6.07 Å². The van der Waals surface area contributed by atoms with Crippen LogP contribution in [0.2, 0.25) is 0 Å². The first-order valence-electron chi connectivity index (χ1n) is 5.85. The van der Waals surface area contributed by atoms with E-state index < -0.39 is 6.61 Å². The lowest BCUT2D eigenvalue weighted by molar-refractivity contribution is -0.0505. The van der Waals surface area contributed by atoms with Gasteiger partial charge >= 0.3 is 6.61 Å². The molecule has 1 N–H and O–H groups in total. The molecule has 19 heavy (non-hydrogen) atoms. The monoisotopic (exact) mass is 267 g/mol. The molecular weight excluding hydrogens is 252 g/mol. The minimum atomic E-state index is -2.81. The molecule has 0 amide bonds. The Morgan fingerprint density at radius 3 is 2.79 bits per heavy atom. The van der Waals surface area contributed by atoms with E-state index >= 15 is 0 Å². The first-order valence-corrected chi connectivity index (χ1v) is 5.85. The van der Waals surface area contributed by atoms with Gasteiger partial charge in [-0.05, 0) is 6.07 Å². The van der Waals surface area contributed by atoms with Crippen LogP contribution in [0.1, 0.15) is 11.3 Å². The maximum atomic E-state index is 12.2. The highest BCUT2D eigenvalue weighted by Crippen LogP contribution is 2.19. The average molecular weight is 267 g/mol. The Morgan fingerprint density at radius 2 is 2.11 bits per heavy atom. The zero-order chi connectivity index (χ0) is 13.7. The van der Waals surface area contributed by atoms with E-state index in [0.29, 0.717) is 18.7 Å². The lowest BCUT2D eigenvalue weighted by Crippen LogP contribution is -2.16. The molecule has 0 unspecified atom stereocenters. The van der Waals surface area contributed by atoms with Crippen molar-refractivity contribution in [1.29, 1.82) is 0 Å². The Balaban J connectivity index is 1.94. The van der Waals surface area contributed by atoms with Crippen LogP contribution in [0.25, 0.3) is 0 Å². The van der Waals surface area contributed by atoms with Crippen molar-refractivity contribution in [3.8, 4) is 5.75 Å². The Labute approximate surface area is 110 Å². The molecule has 0 aliphatic rings. The molecule has 2 aromatic rings. The second-order valence-electron chi connectivity index (χ2n) is 4.09. The van der Waals surface area contributed by atoms with Gasteiger partial charge in [0.25, 0.3) is 0 Å². The fourth-order valence-electron chi connectivity index (χ4n) is 1.74. The van der Waals surface area contributed by atoms with Crippen molar-refractivity contribution in [2.24, 2.45) is 7.05 Å². The summed E-state index contributed by atoms with van der Waals surface area (Å²) in [5.41, 5.74) is 1.72. The van der Waals surface area contributed by atoms with Crippen LogP contribution >= 0.6 is 0 Å². The molecule has 0 aliphatic heterocycles. The van der Waals surface area contributed by atoms with Crippen molar-refractivity contribution < 1.29 is 13.5 Å². The highest BCUT2D eigenvalue weighted by molar-refractivity contribution is 5.33. The maximum Gasteiger partial charge on any atom is 0.387 e. The van der Waals surface area contributed by atoms with E-state index in [9.17, 15) is 8.78 Å². The summed E-state index contributed by atoms with van der Waals surface area (Å²) in [6.45, 7) is -1.74. The van der Waals surface area contributed by atoms with Crippen LogP contribution in [0.3, 0.4) is 0 Å². The van der Waals surface area contributed by atoms with Crippen molar-refractivity contribution in [1.82, 2.24) is 14.9 Å². The van der Waals surface area contributed by atoms with Crippen LogP contribution in [-0.2, 0) is 20.1 Å². The Hall–Kier alpha value is -1.95. The van der Waals surface area contributed by atoms with Gasteiger partial charge in [0, 0.05) is 31.9 Å². The molecule has 0 saturated carbocycles. The molecule has 0 radical (unpaired) electrons. The molecule has 0 aliphatic carbocycles. The van der Waals surface area contributed by atoms with E-state index in [-0.39, 0.29) is 5.75 Å². The molecule has 0 bridgehead atoms. The Bertz CT molecular complexity index is 528. The van der Waals surface area contributed by atoms with Crippen LogP contribution in [0.5, 0.6) is 5.75 Å². The number of hydrogen-bond acceptors (Lipinski definition) is 3. The number of benzene rings is 1. The van der Waals surface area contributed by atoms with Gasteiger partial charge in [0.2, 0.25) is 0 Å². The number of ether oxygens (including phenoxy) is 1. The normalized spacial score (nSPS) is 10.9. The van der Waals surface area contributed by atoms with Gasteiger partial charge in [-0.3, -0.25) is 0 Å². The number of hydrogen-bond donors (Lipinski definition) is 1. The summed E-state index contributed by atoms with van der Waals surface area (Å²) < 4.78 is 30.9. The molecule has 1 heterocycles. The summed E-state index contributed by atoms with van der Waals surface area (Å²) >= 11 is 0. The number of halogens is 2. The SMILES string of the molecule is Cn1cncc1CNCc1ccccc1OC(F)F. The molecule has 1 aromatic heterocycles. The predicted molar refractivity (Wildman–Crippen MR) is 66.8 cm³/mol. The second kappa shape index (κ2) is 6.29. The Kier molecular flexibility index (Phi) is 4.46. The van der Waals surface area contributed by atoms with Crippen LogP contribution < -0.4 is 10.1 Å². The quantitative estimate of drug-likeness (QED) is 0.873. The largest absolute Gasteiger partial charge is 0.434 e. The van der Waals surface area contributed by atoms with Crippen molar-refractivity contribution in [2.75, 3.05) is 0 Å². The summed E-state index contributed by atoms with van der Waals surface area (Å²) in [5.74, 6) is 0.204. The molecule has 4 nitrogen and oxygen atoms in total. The van der Waals surface area contributed by atoms with Crippen LogP contribution in [-0.4, -0.2) is 16.2 Å². The number of imidazole rings is 1. The minimum Gasteiger partial charge on any atom is -0.434 e. The number of nitrogens with one attached hydrogen (secondary N) is 1. The van der Waals surface area contributed by atoms with Gasteiger partial charge in [0.15, 0.2) is 0 Å². The van der Waals surface area contributed by atoms with Gasteiger partial charge in [0.1, 0.15) is 5.75 Å². The van der Waals surface area contributed by atoms with Gasteiger partial charge in [-0.1, -0.05) is 18.2 Å². The number of rotatable bonds is 6. The minimum absolute atomic E-state index is 0.204. The second-order valence-corrected chi connectivity index (χ2v) is 4.09. The predicted octanol–water partition coefficient (Wildman–Crippen LogP) is 2.31. The van der Waals surface area contributed by atoms with Gasteiger partial charge < -0.3 is 14.6 Å². The van der Waals surface area contributed by atoms with Crippen molar-refractivity contribution in [3.05, 3.63) is 48.0 Å². The van der Waals surface area contributed by atoms with E-state index in [4.69, 9.17) is 0 Å². The number of nitrogens with zero attached hydrogens (tertiary/aromatic N) is 2. The molecular formula is C13H15F2N3O. The number of aryl methyl sites for hydroxylation is 1. The van der Waals surface area contributed by atoms with Crippen LogP contribution in [0.4, 0.5) is 8.78 Å². The topological polar surface area (TPSA) is 39.1 Å². The first-order chi connectivity index (χ1) is 9.16. The van der Waals surface area contributed by atoms with E-state index in [0.717, 1.165) is 5.69 Å². The Morgan fingerprint density at radius 1 is 1.32 bits per heavy atom. The van der Waals surface area contributed by atoms with E-state index in [2.05, 4.69) is 15.0 Å². The lowest BCUT2D eigenvalue weighted by atomic mass is 10.2. The van der Waals surface area contributed by atoms with Gasteiger partial charge in [-0.2, -0.15) is 8.78 Å². The molecule has 0 atom stereocenters. The van der Waals surface area contributed by atoms with Crippen LogP contribution in [0.15, 0.2) is 36.8 Å². The van der Waals surface area contributed by atoms with Gasteiger partial charge in [-0.25, -0.2) is 4.98 Å². The zero-order valence-electron chi connectivity index (χ0n) is 10.5. The van der Waals surface area contributed by atoms with Gasteiger partial charge in [0.05, 0.1) is 12.0 Å². The third-order valence-corrected chi connectivity index (χ3v) is 2.73. The summed E-state index contributed by atoms with van der Waals surface area (Å²) in [4.78, 5) is 4.00. The van der Waals surface area contributed by atoms with Crippen molar-refractivity contribution in [3.63, 3.8) is 0 Å². The number of para-hydroxylation sites is 1. The highest BCUT2D eigenvalue weighted by Gasteiger charge is 2.08. The third kappa shape index (κ3) is 3.75. The van der Waals surface area contributed by atoms with Crippen molar-refractivity contribution in [2.45, 2.75) is 19.7 Å². The molecule has 102 valence electrons. The molecule has 1 aromatic carbocycles. The summed E-state index contributed by atoms with van der Waals surface area (Å²) in [7, 11) is 1.90. The highest BCUT2D eigenvalue weighted by atomic mass is 19.3. The molecule has 0 saturated heterocycles. The number of aromatic nitrogens is 2. The summed E-state index contributed by atoms with van der Waals surface area (Å²) in [6, 6.07) is 6.75. The van der Waals surface area contributed by atoms with E-state index in [1.54, 1.807) is 30.7 Å². The van der Waals surface area contributed by atoms with E-state index in [1.807, 2.05) is 11.6 Å². The van der Waals surface area contributed by atoms with Crippen LogP contribution in [0, 0.1) is 0 Å². The standard InChI is InChI=1S/C13H15F2N3O/c1-18-9-17-8-11(18)7-16-6-10-4-2-3-5-12(10)19-13(14)15/h2-5,8-9,13,16H,6-7H2,1H3. The lowest BCUT2D eigenvalue weighted by Gasteiger charge is -2.11. The fourth-order valence-corrected chi connectivity index (χ4v) is 1.74. The summed E-state index contributed by atoms with van der Waals surface area (Å²) in [5, 5.41) is 3.17. The number of alkyl halides is 2.